The molecule has 0 radical (unpaired) electrons. The lowest BCUT2D eigenvalue weighted by atomic mass is 9.98. The molecular weight excluding hydrogens is 292 g/mol. The molecule has 2 N–H and O–H groups in total. The lowest BCUT2D eigenvalue weighted by Crippen LogP contribution is -2.31. The number of nitrogens with one attached hydrogen (secondary N) is 2. The number of hydrogen-bond donors (Lipinski definition) is 2. The molecule has 2 aromatic heterocycles. The summed E-state index contributed by atoms with van der Waals surface area (Å²) in [5, 5.41) is 6.82. The number of methoxy groups -OCH3 is 1. The Balaban J connectivity index is 1.76. The molecule has 7 nitrogen and oxygen atoms in total. The molecule has 3 heterocycles. The summed E-state index contributed by atoms with van der Waals surface area (Å²) in [6.45, 7) is 3.55. The molecule has 0 saturated carbocycles. The van der Waals surface area contributed by atoms with Gasteiger partial charge in [-0.3, -0.25) is 4.98 Å². The fourth-order valence-corrected chi connectivity index (χ4v) is 2.67. The van der Waals surface area contributed by atoms with Gasteiger partial charge < -0.3 is 15.4 Å². The molecule has 122 valence electrons. The zero-order chi connectivity index (χ0) is 15.9. The molecule has 0 amide bonds. The molecule has 3 rings (SSSR count). The van der Waals surface area contributed by atoms with Crippen molar-refractivity contribution in [3.05, 3.63) is 30.4 Å². The summed E-state index contributed by atoms with van der Waals surface area (Å²) in [6, 6.07) is 1.93. The van der Waals surface area contributed by atoms with Crippen molar-refractivity contribution in [3.63, 3.8) is 0 Å². The van der Waals surface area contributed by atoms with E-state index in [0.29, 0.717) is 24.0 Å². The zero-order valence-electron chi connectivity index (χ0n) is 13.3. The highest BCUT2D eigenvalue weighted by atomic mass is 16.5. The van der Waals surface area contributed by atoms with E-state index in [2.05, 4.69) is 30.6 Å². The molecule has 2 aromatic rings. The van der Waals surface area contributed by atoms with Crippen molar-refractivity contribution in [1.29, 1.82) is 0 Å². The second-order valence-electron chi connectivity index (χ2n) is 5.67. The second-order valence-corrected chi connectivity index (χ2v) is 5.67. The van der Waals surface area contributed by atoms with E-state index in [1.165, 1.54) is 12.8 Å². The smallest absolute Gasteiger partial charge is 0.182 e. The van der Waals surface area contributed by atoms with Crippen molar-refractivity contribution < 1.29 is 4.74 Å². The standard InChI is InChI=1S/C16H22N6O/c1-23-11-13-8-15(20-9-12-2-4-17-5-3-12)22-16(21-13)14-10-18-6-7-19-14/h6-8,10,12,17H,2-5,9,11H2,1H3,(H,20,21,22). The predicted molar refractivity (Wildman–Crippen MR) is 87.9 cm³/mol. The van der Waals surface area contributed by atoms with Gasteiger partial charge in [0.05, 0.1) is 18.5 Å². The minimum Gasteiger partial charge on any atom is -0.378 e. The summed E-state index contributed by atoms with van der Waals surface area (Å²) in [7, 11) is 1.66. The molecule has 23 heavy (non-hydrogen) atoms. The van der Waals surface area contributed by atoms with Gasteiger partial charge in [-0.1, -0.05) is 0 Å². The average Bonchev–Trinajstić information content (AvgIpc) is 2.62. The Hall–Kier alpha value is -2.12. The number of rotatable bonds is 6. The fraction of sp³-hybridized carbons (Fsp3) is 0.500. The number of piperidine rings is 1. The average molecular weight is 314 g/mol. The molecule has 0 atom stereocenters. The third-order valence-electron chi connectivity index (χ3n) is 3.89. The maximum atomic E-state index is 5.21. The van der Waals surface area contributed by atoms with Crippen molar-refractivity contribution in [1.82, 2.24) is 25.3 Å². The molecule has 1 fully saturated rings. The van der Waals surface area contributed by atoms with Gasteiger partial charge in [0, 0.05) is 32.1 Å². The third kappa shape index (κ3) is 4.43. The van der Waals surface area contributed by atoms with Gasteiger partial charge in [-0.15, -0.1) is 0 Å². The summed E-state index contributed by atoms with van der Waals surface area (Å²) in [4.78, 5) is 17.4. The van der Waals surface area contributed by atoms with Gasteiger partial charge in [-0.2, -0.15) is 0 Å². The first-order valence-electron chi connectivity index (χ1n) is 7.93. The number of aromatic nitrogens is 4. The molecule has 1 aliphatic rings. The number of hydrogen-bond acceptors (Lipinski definition) is 7. The van der Waals surface area contributed by atoms with Crippen LogP contribution in [-0.2, 0) is 11.3 Å². The molecule has 0 spiro atoms. The Morgan fingerprint density at radius 1 is 1.26 bits per heavy atom. The van der Waals surface area contributed by atoms with Gasteiger partial charge in [0.2, 0.25) is 0 Å². The Bertz CT molecular complexity index is 615. The van der Waals surface area contributed by atoms with E-state index in [0.717, 1.165) is 31.1 Å². The number of nitrogens with zero attached hydrogens (tertiary/aromatic N) is 4. The van der Waals surface area contributed by atoms with Crippen LogP contribution in [0.1, 0.15) is 18.5 Å². The Kier molecular flexibility index (Phi) is 5.44. The molecule has 0 aromatic carbocycles. The van der Waals surface area contributed by atoms with E-state index < -0.39 is 0 Å². The highest BCUT2D eigenvalue weighted by Crippen LogP contribution is 2.17. The van der Waals surface area contributed by atoms with Gasteiger partial charge in [0.15, 0.2) is 5.82 Å². The molecular formula is C16H22N6O. The number of ether oxygens (including phenoxy) is 1. The SMILES string of the molecule is COCc1cc(NCC2CCNCC2)nc(-c2cnccn2)n1. The van der Waals surface area contributed by atoms with Crippen molar-refractivity contribution in [2.45, 2.75) is 19.4 Å². The van der Waals surface area contributed by atoms with Gasteiger partial charge in [-0.25, -0.2) is 15.0 Å². The molecule has 0 aliphatic carbocycles. The quantitative estimate of drug-likeness (QED) is 0.835. The van der Waals surface area contributed by atoms with Gasteiger partial charge in [-0.05, 0) is 31.8 Å². The van der Waals surface area contributed by atoms with E-state index in [1.54, 1.807) is 25.7 Å². The Morgan fingerprint density at radius 3 is 2.87 bits per heavy atom. The fourth-order valence-electron chi connectivity index (χ4n) is 2.67. The van der Waals surface area contributed by atoms with Crippen LogP contribution in [0.2, 0.25) is 0 Å². The van der Waals surface area contributed by atoms with Crippen molar-refractivity contribution in [2.75, 3.05) is 32.1 Å². The van der Waals surface area contributed by atoms with Crippen LogP contribution in [0.5, 0.6) is 0 Å². The Morgan fingerprint density at radius 2 is 2.13 bits per heavy atom. The van der Waals surface area contributed by atoms with E-state index in [1.807, 2.05) is 6.07 Å². The lowest BCUT2D eigenvalue weighted by molar-refractivity contribution is 0.181. The zero-order valence-corrected chi connectivity index (χ0v) is 13.3. The molecule has 1 saturated heterocycles. The summed E-state index contributed by atoms with van der Waals surface area (Å²) in [6.07, 6.45) is 7.34. The highest BCUT2D eigenvalue weighted by molar-refractivity contribution is 5.51. The van der Waals surface area contributed by atoms with E-state index in [-0.39, 0.29) is 0 Å². The Labute approximate surface area is 135 Å². The largest absolute Gasteiger partial charge is 0.378 e. The summed E-state index contributed by atoms with van der Waals surface area (Å²) in [5.41, 5.74) is 1.49. The highest BCUT2D eigenvalue weighted by Gasteiger charge is 2.14. The maximum Gasteiger partial charge on any atom is 0.182 e. The molecule has 7 heteroatoms. The van der Waals surface area contributed by atoms with Crippen LogP contribution in [0, 0.1) is 5.92 Å². The van der Waals surface area contributed by atoms with Gasteiger partial charge in [0.1, 0.15) is 11.5 Å². The summed E-state index contributed by atoms with van der Waals surface area (Å²) >= 11 is 0. The first-order chi connectivity index (χ1) is 11.3. The first kappa shape index (κ1) is 15.8. The van der Waals surface area contributed by atoms with Crippen molar-refractivity contribution in [3.8, 4) is 11.5 Å². The van der Waals surface area contributed by atoms with E-state index >= 15 is 0 Å². The van der Waals surface area contributed by atoms with Gasteiger partial charge in [0.25, 0.3) is 0 Å². The summed E-state index contributed by atoms with van der Waals surface area (Å²) < 4.78 is 5.21. The molecule has 0 unspecified atom stereocenters. The van der Waals surface area contributed by atoms with Crippen LogP contribution in [0.25, 0.3) is 11.5 Å². The normalized spacial score (nSPS) is 15.5. The monoisotopic (exact) mass is 314 g/mol. The van der Waals surface area contributed by atoms with E-state index in [4.69, 9.17) is 4.74 Å². The third-order valence-corrected chi connectivity index (χ3v) is 3.89. The van der Waals surface area contributed by atoms with Crippen LogP contribution in [-0.4, -0.2) is 46.7 Å². The minimum absolute atomic E-state index is 0.442. The van der Waals surface area contributed by atoms with Crippen molar-refractivity contribution >= 4 is 5.82 Å². The van der Waals surface area contributed by atoms with Crippen LogP contribution >= 0.6 is 0 Å². The van der Waals surface area contributed by atoms with Crippen LogP contribution in [0.3, 0.4) is 0 Å². The van der Waals surface area contributed by atoms with Crippen LogP contribution < -0.4 is 10.6 Å². The van der Waals surface area contributed by atoms with Gasteiger partial charge >= 0.3 is 0 Å². The minimum atomic E-state index is 0.442. The van der Waals surface area contributed by atoms with Crippen molar-refractivity contribution in [2.24, 2.45) is 5.92 Å². The lowest BCUT2D eigenvalue weighted by Gasteiger charge is -2.23. The molecule has 1 aliphatic heterocycles. The second kappa shape index (κ2) is 7.94. The molecule has 0 bridgehead atoms. The van der Waals surface area contributed by atoms with Crippen LogP contribution in [0.15, 0.2) is 24.7 Å². The topological polar surface area (TPSA) is 84.9 Å². The van der Waals surface area contributed by atoms with E-state index in [9.17, 15) is 0 Å². The first-order valence-corrected chi connectivity index (χ1v) is 7.93. The maximum absolute atomic E-state index is 5.21. The summed E-state index contributed by atoms with van der Waals surface area (Å²) in [5.74, 6) is 2.06. The van der Waals surface area contributed by atoms with Crippen LogP contribution in [0.4, 0.5) is 5.82 Å². The predicted octanol–water partition coefficient (Wildman–Crippen LogP) is 1.49. The number of anilines is 1.